The molecule has 0 aromatic heterocycles. The van der Waals surface area contributed by atoms with Crippen LogP contribution in [0.5, 0.6) is 0 Å². The summed E-state index contributed by atoms with van der Waals surface area (Å²) < 4.78 is 0. The molecule has 1 amide bonds. The largest absolute Gasteiger partial charge is 0.369 e. The lowest BCUT2D eigenvalue weighted by Gasteiger charge is -2.01. The standard InChI is InChI=1S/C6H13N3O/c7-3-1-2-5(4-8)6(9)10/h4-5,8H,1-3,7H2,(H2,9,10)/p+1. The molecule has 0 saturated carbocycles. The van der Waals surface area contributed by atoms with Crippen molar-refractivity contribution >= 4 is 12.1 Å². The Kier molecular flexibility index (Phi) is 4.49. The first-order valence-electron chi connectivity index (χ1n) is 3.26. The number of hydrogen-bond acceptors (Lipinski definition) is 2. The maximum absolute atomic E-state index is 10.5. The van der Waals surface area contributed by atoms with E-state index in [1.54, 1.807) is 0 Å². The number of carbonyl (C=O) groups is 1. The highest BCUT2D eigenvalue weighted by Crippen LogP contribution is 1.99. The third-order valence-electron chi connectivity index (χ3n) is 1.32. The lowest BCUT2D eigenvalue weighted by atomic mass is 10.0. The number of hydrogen-bond donors (Lipinski definition) is 3. The number of primary amides is 1. The van der Waals surface area contributed by atoms with Crippen LogP contribution in [0.1, 0.15) is 12.8 Å². The van der Waals surface area contributed by atoms with Gasteiger partial charge in [0.2, 0.25) is 5.91 Å². The van der Waals surface area contributed by atoms with Crippen LogP contribution in [0.25, 0.3) is 0 Å². The van der Waals surface area contributed by atoms with Crippen LogP contribution in [0.3, 0.4) is 0 Å². The minimum absolute atomic E-state index is 0.316. The fraction of sp³-hybridized carbons (Fsp3) is 0.667. The number of rotatable bonds is 5. The second kappa shape index (κ2) is 4.93. The summed E-state index contributed by atoms with van der Waals surface area (Å²) in [7, 11) is 0. The quantitative estimate of drug-likeness (QED) is 0.377. The van der Waals surface area contributed by atoms with E-state index in [1.165, 1.54) is 6.21 Å². The molecule has 0 aromatic rings. The zero-order valence-electron chi connectivity index (χ0n) is 5.92. The molecule has 0 spiro atoms. The molecule has 0 aromatic carbocycles. The molecule has 0 heterocycles. The Bertz CT molecular complexity index is 124. The van der Waals surface area contributed by atoms with Crippen LogP contribution in [-0.4, -0.2) is 18.7 Å². The smallest absolute Gasteiger partial charge is 0.230 e. The first-order valence-corrected chi connectivity index (χ1v) is 3.26. The molecule has 0 fully saturated rings. The van der Waals surface area contributed by atoms with Gasteiger partial charge in [-0.15, -0.1) is 0 Å². The molecule has 6 N–H and O–H groups in total. The second-order valence-electron chi connectivity index (χ2n) is 2.13. The molecule has 0 aliphatic carbocycles. The van der Waals surface area contributed by atoms with E-state index in [9.17, 15) is 4.79 Å². The van der Waals surface area contributed by atoms with E-state index in [4.69, 9.17) is 16.9 Å². The third-order valence-corrected chi connectivity index (χ3v) is 1.32. The summed E-state index contributed by atoms with van der Waals surface area (Å²) in [5.74, 6) is -0.695. The molecular weight excluding hydrogens is 130 g/mol. The lowest BCUT2D eigenvalue weighted by molar-refractivity contribution is -0.126. The van der Waals surface area contributed by atoms with E-state index >= 15 is 0 Å². The average Bonchev–Trinajstić information content (AvgIpc) is 1.89. The molecule has 0 saturated heterocycles. The fourth-order valence-electron chi connectivity index (χ4n) is 0.671. The first-order chi connectivity index (χ1) is 4.72. The molecule has 1 atom stereocenters. The number of carbonyl (C=O) groups excluding carboxylic acids is 1. The molecule has 0 aliphatic rings. The van der Waals surface area contributed by atoms with Gasteiger partial charge in [-0.05, 0) is 19.4 Å². The van der Waals surface area contributed by atoms with E-state index < -0.39 is 0 Å². The van der Waals surface area contributed by atoms with Crippen molar-refractivity contribution in [2.75, 3.05) is 6.54 Å². The molecule has 0 aliphatic heterocycles. The summed E-state index contributed by atoms with van der Waals surface area (Å²) in [4.78, 5) is 10.5. The number of amides is 1. The van der Waals surface area contributed by atoms with Crippen molar-refractivity contribution in [3.8, 4) is 0 Å². The summed E-state index contributed by atoms with van der Waals surface area (Å²) in [5.41, 5.74) is 10.2. The molecule has 10 heavy (non-hydrogen) atoms. The molecule has 1 unspecified atom stereocenters. The molecule has 0 radical (unpaired) electrons. The Morgan fingerprint density at radius 1 is 1.70 bits per heavy atom. The van der Waals surface area contributed by atoms with Crippen molar-refractivity contribution in [2.24, 2.45) is 17.4 Å². The van der Waals surface area contributed by atoms with Crippen LogP contribution in [0.4, 0.5) is 0 Å². The zero-order valence-corrected chi connectivity index (χ0v) is 5.92. The second-order valence-corrected chi connectivity index (χ2v) is 2.13. The summed E-state index contributed by atoms with van der Waals surface area (Å²) in [5, 5.41) is 5.15. The van der Waals surface area contributed by atoms with Crippen molar-refractivity contribution in [1.82, 2.24) is 0 Å². The zero-order chi connectivity index (χ0) is 7.98. The Labute approximate surface area is 60.1 Å². The van der Waals surface area contributed by atoms with Gasteiger partial charge in [0.1, 0.15) is 12.1 Å². The maximum Gasteiger partial charge on any atom is 0.230 e. The molecule has 0 bridgehead atoms. The maximum atomic E-state index is 10.5. The Hall–Kier alpha value is -0.900. The average molecular weight is 144 g/mol. The van der Waals surface area contributed by atoms with Gasteiger partial charge in [0.25, 0.3) is 0 Å². The predicted octanol–water partition coefficient (Wildman–Crippen LogP) is -2.34. The fourth-order valence-corrected chi connectivity index (χ4v) is 0.671. The highest BCUT2D eigenvalue weighted by molar-refractivity contribution is 5.90. The van der Waals surface area contributed by atoms with Gasteiger partial charge in [0.05, 0.1) is 0 Å². The van der Waals surface area contributed by atoms with Gasteiger partial charge in [-0.2, -0.15) is 0 Å². The van der Waals surface area contributed by atoms with Crippen LogP contribution in [-0.2, 0) is 4.79 Å². The highest BCUT2D eigenvalue weighted by Gasteiger charge is 2.12. The highest BCUT2D eigenvalue weighted by atomic mass is 16.1. The van der Waals surface area contributed by atoms with E-state index in [1.807, 2.05) is 0 Å². The molecule has 58 valence electrons. The SMILES string of the molecule is NCCCC(C=[NH2+])C(N)=O. The van der Waals surface area contributed by atoms with Gasteiger partial charge in [-0.25, -0.2) is 0 Å². The normalized spacial score (nSPS) is 12.5. The topological polar surface area (TPSA) is 94.7 Å². The van der Waals surface area contributed by atoms with Crippen LogP contribution < -0.4 is 16.9 Å². The molecule has 4 nitrogen and oxygen atoms in total. The first kappa shape index (κ1) is 9.10. The molecular formula is C6H14N3O+. The Balaban J connectivity index is 3.60. The van der Waals surface area contributed by atoms with Gasteiger partial charge in [-0.3, -0.25) is 10.2 Å². The summed E-state index contributed by atoms with van der Waals surface area (Å²) >= 11 is 0. The molecule has 4 heteroatoms. The molecule has 0 rings (SSSR count). The Morgan fingerprint density at radius 3 is 2.60 bits per heavy atom. The van der Waals surface area contributed by atoms with Crippen LogP contribution >= 0.6 is 0 Å². The minimum atomic E-state index is -0.379. The van der Waals surface area contributed by atoms with Gasteiger partial charge < -0.3 is 11.5 Å². The van der Waals surface area contributed by atoms with Crippen molar-refractivity contribution in [3.05, 3.63) is 0 Å². The van der Waals surface area contributed by atoms with Crippen LogP contribution in [0.2, 0.25) is 0 Å². The monoisotopic (exact) mass is 144 g/mol. The van der Waals surface area contributed by atoms with Crippen molar-refractivity contribution < 1.29 is 10.2 Å². The van der Waals surface area contributed by atoms with E-state index in [0.717, 1.165) is 6.42 Å². The van der Waals surface area contributed by atoms with Crippen molar-refractivity contribution in [3.63, 3.8) is 0 Å². The summed E-state index contributed by atoms with van der Waals surface area (Å²) in [6.07, 6.45) is 2.75. The predicted molar refractivity (Wildman–Crippen MR) is 39.0 cm³/mol. The van der Waals surface area contributed by atoms with E-state index in [0.29, 0.717) is 13.0 Å². The third kappa shape index (κ3) is 3.19. The van der Waals surface area contributed by atoms with Crippen LogP contribution in [0, 0.1) is 5.92 Å². The van der Waals surface area contributed by atoms with Crippen molar-refractivity contribution in [2.45, 2.75) is 12.8 Å². The van der Waals surface area contributed by atoms with Gasteiger partial charge in [0.15, 0.2) is 0 Å². The lowest BCUT2D eigenvalue weighted by Crippen LogP contribution is -2.39. The number of nitrogens with two attached hydrogens (primary N) is 3. The summed E-state index contributed by atoms with van der Waals surface area (Å²) in [6.45, 7) is 0.567. The van der Waals surface area contributed by atoms with Gasteiger partial charge in [-0.1, -0.05) is 0 Å². The van der Waals surface area contributed by atoms with Crippen LogP contribution in [0.15, 0.2) is 0 Å². The van der Waals surface area contributed by atoms with Gasteiger partial charge in [0, 0.05) is 0 Å². The van der Waals surface area contributed by atoms with Crippen molar-refractivity contribution in [1.29, 1.82) is 0 Å². The van der Waals surface area contributed by atoms with E-state index in [-0.39, 0.29) is 11.8 Å². The Morgan fingerprint density at radius 2 is 2.30 bits per heavy atom. The summed E-state index contributed by atoms with van der Waals surface area (Å²) in [6, 6.07) is 0. The van der Waals surface area contributed by atoms with E-state index in [2.05, 4.69) is 0 Å². The van der Waals surface area contributed by atoms with Gasteiger partial charge >= 0.3 is 0 Å². The minimum Gasteiger partial charge on any atom is -0.369 e.